The lowest BCUT2D eigenvalue weighted by atomic mass is 10.3. The van der Waals surface area contributed by atoms with Crippen molar-refractivity contribution in [3.05, 3.63) is 34.3 Å². The average molecular weight is 332 g/mol. The molecule has 0 saturated heterocycles. The molecule has 0 fully saturated rings. The van der Waals surface area contributed by atoms with Crippen LogP contribution in [0, 0.1) is 0 Å². The van der Waals surface area contributed by atoms with E-state index in [4.69, 9.17) is 27.9 Å². The van der Waals surface area contributed by atoms with E-state index in [0.717, 1.165) is 0 Å². The predicted molar refractivity (Wildman–Crippen MR) is 79.6 cm³/mol. The highest BCUT2D eigenvalue weighted by Gasteiger charge is 2.12. The van der Waals surface area contributed by atoms with E-state index in [1.807, 2.05) is 0 Å². The molecule has 1 aromatic carbocycles. The van der Waals surface area contributed by atoms with Gasteiger partial charge in [-0.05, 0) is 31.2 Å². The highest BCUT2D eigenvalue weighted by atomic mass is 35.5. The van der Waals surface area contributed by atoms with Gasteiger partial charge in [-0.3, -0.25) is 10.1 Å². The molecule has 1 aromatic heterocycles. The van der Waals surface area contributed by atoms with E-state index in [2.05, 4.69) is 15.5 Å². The number of anilines is 1. The van der Waals surface area contributed by atoms with Crippen molar-refractivity contribution < 1.29 is 9.53 Å². The first kappa shape index (κ1) is 15.0. The molecule has 2 aromatic rings. The van der Waals surface area contributed by atoms with E-state index < -0.39 is 5.38 Å². The highest BCUT2D eigenvalue weighted by Crippen LogP contribution is 2.20. The van der Waals surface area contributed by atoms with Gasteiger partial charge in [-0.1, -0.05) is 22.9 Å². The van der Waals surface area contributed by atoms with E-state index in [1.165, 1.54) is 11.3 Å². The van der Waals surface area contributed by atoms with Crippen molar-refractivity contribution in [1.29, 1.82) is 0 Å². The second kappa shape index (κ2) is 6.88. The van der Waals surface area contributed by atoms with E-state index in [0.29, 0.717) is 20.9 Å². The Hall–Kier alpha value is -1.37. The van der Waals surface area contributed by atoms with Crippen LogP contribution in [0.5, 0.6) is 5.75 Å². The fourth-order valence-electron chi connectivity index (χ4n) is 1.24. The minimum atomic E-state index is -0.618. The molecule has 0 bridgehead atoms. The number of rotatable bonds is 5. The molecule has 1 N–H and O–H groups in total. The Morgan fingerprint density at radius 2 is 2.10 bits per heavy atom. The Kier molecular flexibility index (Phi) is 5.17. The van der Waals surface area contributed by atoms with Crippen LogP contribution in [0.25, 0.3) is 0 Å². The number of alkyl halides is 1. The molecule has 106 valence electrons. The number of amides is 1. The van der Waals surface area contributed by atoms with Crippen LogP contribution >= 0.6 is 34.5 Å². The van der Waals surface area contributed by atoms with Crippen molar-refractivity contribution in [2.24, 2.45) is 0 Å². The smallest absolute Gasteiger partial charge is 0.243 e. The van der Waals surface area contributed by atoms with Gasteiger partial charge in [-0.2, -0.15) is 0 Å². The first-order valence-electron chi connectivity index (χ1n) is 5.70. The molecule has 1 atom stereocenters. The Bertz CT molecular complexity index is 587. The lowest BCUT2D eigenvalue weighted by molar-refractivity contribution is -0.115. The van der Waals surface area contributed by atoms with Crippen LogP contribution in [0.1, 0.15) is 11.9 Å². The third-order valence-electron chi connectivity index (χ3n) is 2.23. The van der Waals surface area contributed by atoms with Crippen molar-refractivity contribution in [3.63, 3.8) is 0 Å². The lowest BCUT2D eigenvalue weighted by Crippen LogP contribution is -2.20. The zero-order valence-corrected chi connectivity index (χ0v) is 12.8. The monoisotopic (exact) mass is 331 g/mol. The molecule has 0 saturated carbocycles. The zero-order valence-electron chi connectivity index (χ0n) is 10.5. The Morgan fingerprint density at radius 1 is 1.40 bits per heavy atom. The van der Waals surface area contributed by atoms with Gasteiger partial charge in [0.2, 0.25) is 11.0 Å². The van der Waals surface area contributed by atoms with Crippen molar-refractivity contribution in [3.8, 4) is 5.75 Å². The second-order valence-electron chi connectivity index (χ2n) is 3.85. The summed E-state index contributed by atoms with van der Waals surface area (Å²) in [6, 6.07) is 7.01. The van der Waals surface area contributed by atoms with Crippen LogP contribution in [0.15, 0.2) is 24.3 Å². The third-order valence-corrected chi connectivity index (χ3v) is 3.50. The van der Waals surface area contributed by atoms with Gasteiger partial charge in [-0.25, -0.2) is 0 Å². The van der Waals surface area contributed by atoms with Gasteiger partial charge < -0.3 is 4.74 Å². The quantitative estimate of drug-likeness (QED) is 0.853. The lowest BCUT2D eigenvalue weighted by Gasteiger charge is -2.03. The molecule has 0 spiro atoms. The van der Waals surface area contributed by atoms with Gasteiger partial charge >= 0.3 is 0 Å². The number of carbonyl (C=O) groups is 1. The number of ether oxygens (including phenoxy) is 1. The second-order valence-corrected chi connectivity index (χ2v) is 6.00. The Balaban J connectivity index is 1.89. The number of hydrogen-bond acceptors (Lipinski definition) is 5. The number of carbonyl (C=O) groups excluding carboxylic acids is 1. The summed E-state index contributed by atoms with van der Waals surface area (Å²) in [5.74, 6) is 0.373. The highest BCUT2D eigenvalue weighted by molar-refractivity contribution is 7.15. The molecule has 1 heterocycles. The summed E-state index contributed by atoms with van der Waals surface area (Å²) in [6.07, 6.45) is 0. The molecule has 1 amide bonds. The van der Waals surface area contributed by atoms with E-state index >= 15 is 0 Å². The summed E-state index contributed by atoms with van der Waals surface area (Å²) in [5.41, 5.74) is 0. The molecule has 20 heavy (non-hydrogen) atoms. The summed E-state index contributed by atoms with van der Waals surface area (Å²) in [4.78, 5) is 11.4. The van der Waals surface area contributed by atoms with E-state index in [1.54, 1.807) is 31.2 Å². The molecular weight excluding hydrogens is 321 g/mol. The van der Waals surface area contributed by atoms with E-state index in [-0.39, 0.29) is 12.5 Å². The molecule has 0 aliphatic rings. The van der Waals surface area contributed by atoms with Crippen LogP contribution in [-0.2, 0) is 11.4 Å². The number of nitrogens with zero attached hydrogens (tertiary/aromatic N) is 2. The maximum Gasteiger partial charge on any atom is 0.243 e. The molecule has 0 aliphatic heterocycles. The number of benzene rings is 1. The summed E-state index contributed by atoms with van der Waals surface area (Å²) >= 11 is 12.7. The first-order valence-corrected chi connectivity index (χ1v) is 7.33. The molecule has 8 heteroatoms. The average Bonchev–Trinajstić information content (AvgIpc) is 2.85. The van der Waals surface area contributed by atoms with E-state index in [9.17, 15) is 4.79 Å². The largest absolute Gasteiger partial charge is 0.486 e. The SMILES string of the molecule is C[C@H](Cl)C(=O)Nc1nnc(COc2ccc(Cl)cc2)s1. The standard InChI is InChI=1S/C12H11Cl2N3O2S/c1-7(13)11(18)15-12-17-16-10(20-12)6-19-9-4-2-8(14)3-5-9/h2-5,7H,6H2,1H3,(H,15,17,18)/t7-/m0/s1. The summed E-state index contributed by atoms with van der Waals surface area (Å²) in [5, 5.41) is 11.4. The van der Waals surface area contributed by atoms with Crippen molar-refractivity contribution in [2.75, 3.05) is 5.32 Å². The summed E-state index contributed by atoms with van der Waals surface area (Å²) < 4.78 is 5.52. The molecule has 5 nitrogen and oxygen atoms in total. The van der Waals surface area contributed by atoms with Crippen molar-refractivity contribution in [2.45, 2.75) is 18.9 Å². The molecule has 0 radical (unpaired) electrons. The zero-order chi connectivity index (χ0) is 14.5. The van der Waals surface area contributed by atoms with Crippen LogP contribution in [0.3, 0.4) is 0 Å². The molecular formula is C12H11Cl2N3O2S. The van der Waals surface area contributed by atoms with Crippen LogP contribution in [0.4, 0.5) is 5.13 Å². The van der Waals surface area contributed by atoms with Crippen LogP contribution in [-0.4, -0.2) is 21.5 Å². The fraction of sp³-hybridized carbons (Fsp3) is 0.250. The minimum Gasteiger partial charge on any atom is -0.486 e. The number of halogens is 2. The van der Waals surface area contributed by atoms with Gasteiger partial charge in [0.1, 0.15) is 17.7 Å². The minimum absolute atomic E-state index is 0.269. The first-order chi connectivity index (χ1) is 9.54. The van der Waals surface area contributed by atoms with Gasteiger partial charge in [0.15, 0.2) is 5.01 Å². The van der Waals surface area contributed by atoms with Crippen LogP contribution in [0.2, 0.25) is 5.02 Å². The molecule has 2 rings (SSSR count). The normalized spacial score (nSPS) is 11.9. The number of nitrogens with one attached hydrogen (secondary N) is 1. The third kappa shape index (κ3) is 4.33. The number of hydrogen-bond donors (Lipinski definition) is 1. The predicted octanol–water partition coefficient (Wildman–Crippen LogP) is 3.34. The van der Waals surface area contributed by atoms with Gasteiger partial charge in [-0.15, -0.1) is 21.8 Å². The Labute approximate surface area is 129 Å². The fourth-order valence-corrected chi connectivity index (χ4v) is 2.08. The summed E-state index contributed by atoms with van der Waals surface area (Å²) in [6.45, 7) is 1.86. The van der Waals surface area contributed by atoms with Crippen LogP contribution < -0.4 is 10.1 Å². The van der Waals surface area contributed by atoms with Gasteiger partial charge in [0, 0.05) is 5.02 Å². The number of aromatic nitrogens is 2. The van der Waals surface area contributed by atoms with Gasteiger partial charge in [0.05, 0.1) is 0 Å². The maximum absolute atomic E-state index is 11.4. The van der Waals surface area contributed by atoms with Crippen molar-refractivity contribution in [1.82, 2.24) is 10.2 Å². The maximum atomic E-state index is 11.4. The van der Waals surface area contributed by atoms with Crippen molar-refractivity contribution >= 4 is 45.6 Å². The molecule has 0 unspecified atom stereocenters. The topological polar surface area (TPSA) is 64.1 Å². The summed E-state index contributed by atoms with van der Waals surface area (Å²) in [7, 11) is 0. The molecule has 0 aliphatic carbocycles. The van der Waals surface area contributed by atoms with Gasteiger partial charge in [0.25, 0.3) is 0 Å². The Morgan fingerprint density at radius 3 is 2.75 bits per heavy atom.